The molecule has 0 radical (unpaired) electrons. The maximum absolute atomic E-state index is 10.9. The third-order valence-electron chi connectivity index (χ3n) is 2.31. The fourth-order valence-corrected chi connectivity index (χ4v) is 2.27. The predicted octanol–water partition coefficient (Wildman–Crippen LogP) is 2.36. The lowest BCUT2D eigenvalue weighted by atomic mass is 10.1. The number of carbonyl (C=O) groups excluding carboxylic acids is 1. The van der Waals surface area contributed by atoms with E-state index in [1.165, 1.54) is 18.3 Å². The molecule has 1 amide bonds. The molecule has 1 aromatic heterocycles. The van der Waals surface area contributed by atoms with E-state index in [0.717, 1.165) is 11.3 Å². The van der Waals surface area contributed by atoms with E-state index >= 15 is 0 Å². The summed E-state index contributed by atoms with van der Waals surface area (Å²) in [6.45, 7) is 1.45. The van der Waals surface area contributed by atoms with Crippen LogP contribution in [0.3, 0.4) is 0 Å². The Balaban J connectivity index is 2.28. The second-order valence-electron chi connectivity index (χ2n) is 3.68. The lowest BCUT2D eigenvalue weighted by molar-refractivity contribution is -0.114. The Kier molecular flexibility index (Phi) is 3.47. The van der Waals surface area contributed by atoms with Crippen LogP contribution in [-0.2, 0) is 4.79 Å². The average molecular weight is 263 g/mol. The molecule has 5 nitrogen and oxygen atoms in total. The molecule has 94 valence electrons. The van der Waals surface area contributed by atoms with E-state index in [4.69, 9.17) is 10.5 Å². The quantitative estimate of drug-likeness (QED) is 0.833. The summed E-state index contributed by atoms with van der Waals surface area (Å²) >= 11 is 1.37. The number of hydrogen-bond donors (Lipinski definition) is 2. The summed E-state index contributed by atoms with van der Waals surface area (Å²) in [7, 11) is 1.57. The van der Waals surface area contributed by atoms with Crippen LogP contribution in [0, 0.1) is 0 Å². The van der Waals surface area contributed by atoms with Gasteiger partial charge in [0.2, 0.25) is 5.91 Å². The van der Waals surface area contributed by atoms with Crippen LogP contribution in [-0.4, -0.2) is 18.0 Å². The molecule has 2 rings (SSSR count). The zero-order chi connectivity index (χ0) is 13.1. The molecule has 0 saturated heterocycles. The van der Waals surface area contributed by atoms with E-state index in [2.05, 4.69) is 10.3 Å². The van der Waals surface area contributed by atoms with Crippen molar-refractivity contribution < 1.29 is 9.53 Å². The van der Waals surface area contributed by atoms with Gasteiger partial charge in [-0.15, -0.1) is 11.3 Å². The molecular formula is C12H13N3O2S. The Morgan fingerprint density at radius 1 is 1.50 bits per heavy atom. The SMILES string of the molecule is COc1ccc(-c2csc(NC(C)=O)n2)cc1N. The van der Waals surface area contributed by atoms with Gasteiger partial charge in [-0.05, 0) is 18.2 Å². The fourth-order valence-electron chi connectivity index (χ4n) is 1.51. The molecule has 0 aliphatic rings. The number of hydrogen-bond acceptors (Lipinski definition) is 5. The highest BCUT2D eigenvalue weighted by molar-refractivity contribution is 7.14. The van der Waals surface area contributed by atoms with Crippen molar-refractivity contribution in [1.82, 2.24) is 4.98 Å². The molecule has 0 saturated carbocycles. The highest BCUT2D eigenvalue weighted by Gasteiger charge is 2.07. The van der Waals surface area contributed by atoms with Crippen LogP contribution in [0.25, 0.3) is 11.3 Å². The average Bonchev–Trinajstić information content (AvgIpc) is 2.76. The van der Waals surface area contributed by atoms with Crippen molar-refractivity contribution in [2.75, 3.05) is 18.2 Å². The van der Waals surface area contributed by atoms with Crippen molar-refractivity contribution in [3.05, 3.63) is 23.6 Å². The number of nitrogens with zero attached hydrogens (tertiary/aromatic N) is 1. The molecule has 6 heteroatoms. The minimum Gasteiger partial charge on any atom is -0.495 e. The standard InChI is InChI=1S/C12H13N3O2S/c1-7(16)14-12-15-10(6-18-12)8-3-4-11(17-2)9(13)5-8/h3-6H,13H2,1-2H3,(H,14,15,16). The van der Waals surface area contributed by atoms with Crippen LogP contribution in [0.4, 0.5) is 10.8 Å². The first kappa shape index (κ1) is 12.4. The Labute approximate surface area is 109 Å². The number of ether oxygens (including phenoxy) is 1. The highest BCUT2D eigenvalue weighted by atomic mass is 32.1. The molecule has 0 aliphatic heterocycles. The summed E-state index contributed by atoms with van der Waals surface area (Å²) in [6, 6.07) is 5.47. The molecule has 0 spiro atoms. The molecule has 18 heavy (non-hydrogen) atoms. The lowest BCUT2D eigenvalue weighted by Crippen LogP contribution is -2.04. The van der Waals surface area contributed by atoms with E-state index < -0.39 is 0 Å². The van der Waals surface area contributed by atoms with Crippen LogP contribution < -0.4 is 15.8 Å². The van der Waals surface area contributed by atoms with Gasteiger partial charge < -0.3 is 15.8 Å². The van der Waals surface area contributed by atoms with E-state index in [0.29, 0.717) is 16.6 Å². The van der Waals surface area contributed by atoms with Gasteiger partial charge in [0, 0.05) is 17.9 Å². The summed E-state index contributed by atoms with van der Waals surface area (Å²) < 4.78 is 5.09. The smallest absolute Gasteiger partial charge is 0.223 e. The molecule has 0 fully saturated rings. The number of carbonyl (C=O) groups is 1. The van der Waals surface area contributed by atoms with Crippen LogP contribution in [0.1, 0.15) is 6.92 Å². The molecule has 2 aromatic rings. The van der Waals surface area contributed by atoms with Crippen LogP contribution in [0.5, 0.6) is 5.75 Å². The largest absolute Gasteiger partial charge is 0.495 e. The monoisotopic (exact) mass is 263 g/mol. The minimum absolute atomic E-state index is 0.134. The number of benzene rings is 1. The zero-order valence-corrected chi connectivity index (χ0v) is 10.9. The van der Waals surface area contributed by atoms with Crippen molar-refractivity contribution >= 4 is 28.1 Å². The molecule has 1 aromatic carbocycles. The summed E-state index contributed by atoms with van der Waals surface area (Å²) in [5.74, 6) is 0.501. The molecule has 1 heterocycles. The first-order chi connectivity index (χ1) is 8.60. The predicted molar refractivity (Wildman–Crippen MR) is 72.8 cm³/mol. The molecule has 0 bridgehead atoms. The Bertz CT molecular complexity index is 580. The van der Waals surface area contributed by atoms with E-state index in [1.807, 2.05) is 11.4 Å². The van der Waals surface area contributed by atoms with Gasteiger partial charge in [-0.25, -0.2) is 4.98 Å². The lowest BCUT2D eigenvalue weighted by Gasteiger charge is -2.05. The summed E-state index contributed by atoms with van der Waals surface area (Å²) in [5, 5.41) is 5.09. The van der Waals surface area contributed by atoms with Crippen LogP contribution in [0.2, 0.25) is 0 Å². The van der Waals surface area contributed by atoms with Gasteiger partial charge >= 0.3 is 0 Å². The molecule has 0 unspecified atom stereocenters. The Morgan fingerprint density at radius 3 is 2.89 bits per heavy atom. The van der Waals surface area contributed by atoms with E-state index in [-0.39, 0.29) is 5.91 Å². The first-order valence-corrected chi connectivity index (χ1v) is 6.15. The molecule has 3 N–H and O–H groups in total. The van der Waals surface area contributed by atoms with Gasteiger partial charge in [0.15, 0.2) is 5.13 Å². The maximum Gasteiger partial charge on any atom is 0.223 e. The van der Waals surface area contributed by atoms with Crippen LogP contribution >= 0.6 is 11.3 Å². The second-order valence-corrected chi connectivity index (χ2v) is 4.53. The van der Waals surface area contributed by atoms with Gasteiger partial charge in [0.1, 0.15) is 5.75 Å². The van der Waals surface area contributed by atoms with Gasteiger partial charge in [0.05, 0.1) is 18.5 Å². The zero-order valence-electron chi connectivity index (χ0n) is 10.1. The Morgan fingerprint density at radius 2 is 2.28 bits per heavy atom. The highest BCUT2D eigenvalue weighted by Crippen LogP contribution is 2.30. The van der Waals surface area contributed by atoms with Crippen molar-refractivity contribution in [3.8, 4) is 17.0 Å². The number of rotatable bonds is 3. The number of methoxy groups -OCH3 is 1. The number of nitrogens with two attached hydrogens (primary N) is 1. The van der Waals surface area contributed by atoms with Crippen molar-refractivity contribution in [2.45, 2.75) is 6.92 Å². The summed E-state index contributed by atoms with van der Waals surface area (Å²) in [5.41, 5.74) is 8.06. The van der Waals surface area contributed by atoms with Gasteiger partial charge in [0.25, 0.3) is 0 Å². The van der Waals surface area contributed by atoms with E-state index in [1.54, 1.807) is 19.2 Å². The third kappa shape index (κ3) is 2.60. The normalized spacial score (nSPS) is 10.1. The van der Waals surface area contributed by atoms with Gasteiger partial charge in [-0.3, -0.25) is 4.79 Å². The third-order valence-corrected chi connectivity index (χ3v) is 3.07. The second kappa shape index (κ2) is 5.05. The molecular weight excluding hydrogens is 250 g/mol. The number of nitrogen functional groups attached to an aromatic ring is 1. The van der Waals surface area contributed by atoms with Gasteiger partial charge in [-0.2, -0.15) is 0 Å². The maximum atomic E-state index is 10.9. The Hall–Kier alpha value is -2.08. The topological polar surface area (TPSA) is 77.2 Å². The van der Waals surface area contributed by atoms with Crippen LogP contribution in [0.15, 0.2) is 23.6 Å². The number of amides is 1. The van der Waals surface area contributed by atoms with Crippen molar-refractivity contribution in [2.24, 2.45) is 0 Å². The van der Waals surface area contributed by atoms with E-state index in [9.17, 15) is 4.79 Å². The number of thiazole rings is 1. The molecule has 0 aliphatic carbocycles. The summed E-state index contributed by atoms with van der Waals surface area (Å²) in [4.78, 5) is 15.2. The van der Waals surface area contributed by atoms with Crippen molar-refractivity contribution in [1.29, 1.82) is 0 Å². The van der Waals surface area contributed by atoms with Crippen molar-refractivity contribution in [3.63, 3.8) is 0 Å². The summed E-state index contributed by atoms with van der Waals surface area (Å²) in [6.07, 6.45) is 0. The first-order valence-electron chi connectivity index (χ1n) is 5.27. The molecule has 0 atom stereocenters. The number of nitrogens with one attached hydrogen (secondary N) is 1. The number of aromatic nitrogens is 1. The van der Waals surface area contributed by atoms with Gasteiger partial charge in [-0.1, -0.05) is 0 Å². The fraction of sp³-hybridized carbons (Fsp3) is 0.167. The minimum atomic E-state index is -0.134. The number of anilines is 2.